The maximum absolute atomic E-state index is 5.76. The summed E-state index contributed by atoms with van der Waals surface area (Å²) in [7, 11) is 0. The van der Waals surface area contributed by atoms with Crippen molar-refractivity contribution in [3.63, 3.8) is 0 Å². The fourth-order valence-corrected chi connectivity index (χ4v) is 1.81. The van der Waals surface area contributed by atoms with E-state index in [0.717, 1.165) is 23.9 Å². The summed E-state index contributed by atoms with van der Waals surface area (Å²) < 4.78 is 5.76. The van der Waals surface area contributed by atoms with Crippen LogP contribution in [-0.2, 0) is 6.54 Å². The number of furan rings is 1. The van der Waals surface area contributed by atoms with Gasteiger partial charge in [0, 0.05) is 11.4 Å². The van der Waals surface area contributed by atoms with E-state index in [4.69, 9.17) is 4.42 Å². The molecule has 1 aromatic heterocycles. The second kappa shape index (κ2) is 3.38. The van der Waals surface area contributed by atoms with Gasteiger partial charge in [0.1, 0.15) is 11.3 Å². The van der Waals surface area contributed by atoms with Crippen LogP contribution in [0.15, 0.2) is 28.7 Å². The lowest BCUT2D eigenvalue weighted by molar-refractivity contribution is 0.512. The van der Waals surface area contributed by atoms with Gasteiger partial charge in [-0.05, 0) is 37.5 Å². The highest BCUT2D eigenvalue weighted by Gasteiger charge is 2.20. The third kappa shape index (κ3) is 1.90. The Bertz CT molecular complexity index is 482. The number of hydrogen-bond acceptors (Lipinski definition) is 2. The van der Waals surface area contributed by atoms with Gasteiger partial charge in [-0.1, -0.05) is 12.1 Å². The van der Waals surface area contributed by atoms with E-state index in [9.17, 15) is 0 Å². The van der Waals surface area contributed by atoms with Gasteiger partial charge in [-0.3, -0.25) is 0 Å². The Kier molecular flexibility index (Phi) is 2.03. The van der Waals surface area contributed by atoms with E-state index >= 15 is 0 Å². The molecule has 1 fully saturated rings. The van der Waals surface area contributed by atoms with Crippen molar-refractivity contribution in [1.29, 1.82) is 0 Å². The topological polar surface area (TPSA) is 25.2 Å². The molecule has 0 radical (unpaired) electrons. The predicted octanol–water partition coefficient (Wildman–Crippen LogP) is 2.99. The van der Waals surface area contributed by atoms with Crippen LogP contribution in [0.5, 0.6) is 0 Å². The second-order valence-corrected chi connectivity index (χ2v) is 4.41. The highest BCUT2D eigenvalue weighted by atomic mass is 16.3. The van der Waals surface area contributed by atoms with Gasteiger partial charge in [0.05, 0.1) is 6.54 Å². The third-order valence-corrected chi connectivity index (χ3v) is 2.87. The molecule has 0 amide bonds. The van der Waals surface area contributed by atoms with E-state index in [-0.39, 0.29) is 0 Å². The lowest BCUT2D eigenvalue weighted by Gasteiger charge is -1.96. The van der Waals surface area contributed by atoms with E-state index < -0.39 is 0 Å². The average Bonchev–Trinajstić information content (AvgIpc) is 2.95. The van der Waals surface area contributed by atoms with Crippen molar-refractivity contribution in [2.24, 2.45) is 0 Å². The zero-order valence-electron chi connectivity index (χ0n) is 8.92. The molecule has 2 aromatic rings. The van der Waals surface area contributed by atoms with Gasteiger partial charge < -0.3 is 9.73 Å². The summed E-state index contributed by atoms with van der Waals surface area (Å²) >= 11 is 0. The van der Waals surface area contributed by atoms with Crippen molar-refractivity contribution in [1.82, 2.24) is 5.32 Å². The van der Waals surface area contributed by atoms with Crippen LogP contribution in [0, 0.1) is 6.92 Å². The molecule has 0 spiro atoms. The van der Waals surface area contributed by atoms with E-state index in [1.54, 1.807) is 0 Å². The normalized spacial score (nSPS) is 16.1. The van der Waals surface area contributed by atoms with Crippen molar-refractivity contribution in [3.05, 3.63) is 35.6 Å². The first-order valence-corrected chi connectivity index (χ1v) is 5.54. The van der Waals surface area contributed by atoms with Crippen LogP contribution < -0.4 is 5.32 Å². The molecule has 1 N–H and O–H groups in total. The van der Waals surface area contributed by atoms with Gasteiger partial charge in [0.25, 0.3) is 0 Å². The molecule has 2 heteroatoms. The Morgan fingerprint density at radius 3 is 3.00 bits per heavy atom. The zero-order valence-corrected chi connectivity index (χ0v) is 8.92. The molecule has 1 aliphatic carbocycles. The molecule has 2 nitrogen and oxygen atoms in total. The monoisotopic (exact) mass is 201 g/mol. The van der Waals surface area contributed by atoms with E-state index in [2.05, 4.69) is 36.5 Å². The summed E-state index contributed by atoms with van der Waals surface area (Å²) in [5.41, 5.74) is 2.25. The SMILES string of the molecule is Cc1ccc2cc(CNC3CC3)oc2c1. The minimum Gasteiger partial charge on any atom is -0.460 e. The fourth-order valence-electron chi connectivity index (χ4n) is 1.81. The Labute approximate surface area is 89.3 Å². The molecule has 0 aliphatic heterocycles. The minimum absolute atomic E-state index is 0.736. The zero-order chi connectivity index (χ0) is 10.3. The van der Waals surface area contributed by atoms with Crippen LogP contribution in [-0.4, -0.2) is 6.04 Å². The molecular formula is C13H15NO. The van der Waals surface area contributed by atoms with Gasteiger partial charge in [-0.15, -0.1) is 0 Å². The average molecular weight is 201 g/mol. The first kappa shape index (κ1) is 8.98. The highest BCUT2D eigenvalue weighted by molar-refractivity contribution is 5.78. The summed E-state index contributed by atoms with van der Waals surface area (Å²) in [5.74, 6) is 1.04. The molecule has 1 aromatic carbocycles. The smallest absolute Gasteiger partial charge is 0.134 e. The van der Waals surface area contributed by atoms with Gasteiger partial charge in [0.15, 0.2) is 0 Å². The first-order chi connectivity index (χ1) is 7.31. The maximum atomic E-state index is 5.76. The van der Waals surface area contributed by atoms with Crippen LogP contribution in [0.1, 0.15) is 24.2 Å². The number of rotatable bonds is 3. The third-order valence-electron chi connectivity index (χ3n) is 2.87. The number of hydrogen-bond donors (Lipinski definition) is 1. The molecule has 78 valence electrons. The summed E-state index contributed by atoms with van der Waals surface area (Å²) in [5, 5.41) is 4.66. The lowest BCUT2D eigenvalue weighted by Crippen LogP contribution is -2.14. The molecule has 0 unspecified atom stereocenters. The van der Waals surface area contributed by atoms with Crippen LogP contribution in [0.4, 0.5) is 0 Å². The molecule has 0 saturated heterocycles. The first-order valence-electron chi connectivity index (χ1n) is 5.54. The van der Waals surface area contributed by atoms with Crippen molar-refractivity contribution >= 4 is 11.0 Å². The molecular weight excluding hydrogens is 186 g/mol. The Balaban J connectivity index is 1.84. The van der Waals surface area contributed by atoms with Crippen LogP contribution >= 0.6 is 0 Å². The summed E-state index contributed by atoms with van der Waals surface area (Å²) in [4.78, 5) is 0. The predicted molar refractivity (Wildman–Crippen MR) is 60.8 cm³/mol. The summed E-state index contributed by atoms with van der Waals surface area (Å²) in [6.07, 6.45) is 2.64. The van der Waals surface area contributed by atoms with Crippen LogP contribution in [0.3, 0.4) is 0 Å². The standard InChI is InChI=1S/C13H15NO/c1-9-2-3-10-7-12(15-13(10)6-9)8-14-11-4-5-11/h2-3,6-7,11,14H,4-5,8H2,1H3. The van der Waals surface area contributed by atoms with Gasteiger partial charge in [0.2, 0.25) is 0 Å². The largest absolute Gasteiger partial charge is 0.460 e. The van der Waals surface area contributed by atoms with Crippen molar-refractivity contribution in [2.75, 3.05) is 0 Å². The molecule has 0 bridgehead atoms. The minimum atomic E-state index is 0.736. The van der Waals surface area contributed by atoms with Crippen molar-refractivity contribution in [2.45, 2.75) is 32.4 Å². The van der Waals surface area contributed by atoms with E-state index in [1.165, 1.54) is 23.8 Å². The van der Waals surface area contributed by atoms with Crippen LogP contribution in [0.2, 0.25) is 0 Å². The molecule has 3 rings (SSSR count). The Hall–Kier alpha value is -1.28. The number of nitrogens with one attached hydrogen (secondary N) is 1. The molecule has 1 heterocycles. The molecule has 1 aliphatic rings. The molecule has 15 heavy (non-hydrogen) atoms. The van der Waals surface area contributed by atoms with E-state index in [0.29, 0.717) is 0 Å². The van der Waals surface area contributed by atoms with Gasteiger partial charge in [-0.25, -0.2) is 0 Å². The van der Waals surface area contributed by atoms with Crippen molar-refractivity contribution < 1.29 is 4.42 Å². The van der Waals surface area contributed by atoms with E-state index in [1.807, 2.05) is 0 Å². The van der Waals surface area contributed by atoms with Crippen LogP contribution in [0.25, 0.3) is 11.0 Å². The summed E-state index contributed by atoms with van der Waals surface area (Å²) in [6, 6.07) is 9.20. The number of aryl methyl sites for hydroxylation is 1. The number of fused-ring (bicyclic) bond motifs is 1. The van der Waals surface area contributed by atoms with Crippen molar-refractivity contribution in [3.8, 4) is 0 Å². The van der Waals surface area contributed by atoms with Gasteiger partial charge >= 0.3 is 0 Å². The van der Waals surface area contributed by atoms with Gasteiger partial charge in [-0.2, -0.15) is 0 Å². The lowest BCUT2D eigenvalue weighted by atomic mass is 10.2. The maximum Gasteiger partial charge on any atom is 0.134 e. The summed E-state index contributed by atoms with van der Waals surface area (Å²) in [6.45, 7) is 2.95. The molecule has 0 atom stereocenters. The Morgan fingerprint density at radius 2 is 2.20 bits per heavy atom. The Morgan fingerprint density at radius 1 is 1.33 bits per heavy atom. The highest BCUT2D eigenvalue weighted by Crippen LogP contribution is 2.23. The molecule has 1 saturated carbocycles. The number of benzene rings is 1. The quantitative estimate of drug-likeness (QED) is 0.825. The second-order valence-electron chi connectivity index (χ2n) is 4.41. The fraction of sp³-hybridized carbons (Fsp3) is 0.385.